The van der Waals surface area contributed by atoms with Crippen molar-refractivity contribution in [1.82, 2.24) is 4.31 Å². The smallest absolute Gasteiger partial charge is 0.323 e. The number of nitrogens with zero attached hydrogens (tertiary/aromatic N) is 1. The Balaban J connectivity index is 1.80. The van der Waals surface area contributed by atoms with Crippen molar-refractivity contribution >= 4 is 21.6 Å². The van der Waals surface area contributed by atoms with Gasteiger partial charge in [0, 0.05) is 13.1 Å². The van der Waals surface area contributed by atoms with Gasteiger partial charge in [-0.15, -0.1) is 6.58 Å². The molecule has 5 nitrogen and oxygen atoms in total. The Morgan fingerprint density at radius 3 is 2.48 bits per heavy atom. The van der Waals surface area contributed by atoms with Crippen LogP contribution in [0, 0.1) is 6.92 Å². The highest BCUT2D eigenvalue weighted by Gasteiger charge is 2.37. The van der Waals surface area contributed by atoms with Crippen molar-refractivity contribution in [2.75, 3.05) is 13.1 Å². The largest absolute Gasteiger partial charge is 0.480 e. The zero-order chi connectivity index (χ0) is 21.0. The maximum absolute atomic E-state index is 12.7. The SMILES string of the molecule is C=CCC(C(=O)O)S(=O)(=O)N1CC=C(c2ccc(-c3ccccc3)c(C)c2)CC1. The standard InChI is InChI=1S/C23H25NO4S/c1-3-7-22(23(25)26)29(27,28)24-14-12-18(13-15-24)20-10-11-21(17(2)16-20)19-8-5-4-6-9-19/h3-6,8-12,16,22H,1,7,13-15H2,2H3,(H,25,26). The van der Waals surface area contributed by atoms with Gasteiger partial charge in [0.2, 0.25) is 10.0 Å². The molecule has 0 bridgehead atoms. The van der Waals surface area contributed by atoms with Crippen molar-refractivity contribution in [2.24, 2.45) is 0 Å². The van der Waals surface area contributed by atoms with Gasteiger partial charge in [-0.3, -0.25) is 4.79 Å². The number of hydrogen-bond donors (Lipinski definition) is 1. The molecule has 1 heterocycles. The lowest BCUT2D eigenvalue weighted by molar-refractivity contribution is -0.136. The van der Waals surface area contributed by atoms with Crippen LogP contribution in [-0.2, 0) is 14.8 Å². The number of carboxylic acids is 1. The normalized spacial score (nSPS) is 16.1. The minimum Gasteiger partial charge on any atom is -0.480 e. The first-order chi connectivity index (χ1) is 13.8. The van der Waals surface area contributed by atoms with Gasteiger partial charge < -0.3 is 5.11 Å². The summed E-state index contributed by atoms with van der Waals surface area (Å²) in [5, 5.41) is 7.80. The van der Waals surface area contributed by atoms with Crippen LogP contribution in [0.25, 0.3) is 16.7 Å². The van der Waals surface area contributed by atoms with E-state index in [1.54, 1.807) is 0 Å². The first-order valence-electron chi connectivity index (χ1n) is 9.52. The van der Waals surface area contributed by atoms with Crippen LogP contribution in [0.2, 0.25) is 0 Å². The molecule has 3 rings (SSSR count). The fraction of sp³-hybridized carbons (Fsp3) is 0.261. The minimum atomic E-state index is -3.92. The molecule has 0 spiro atoms. The lowest BCUT2D eigenvalue weighted by atomic mass is 9.94. The number of carboxylic acid groups (broad SMARTS) is 1. The molecule has 6 heteroatoms. The molecule has 2 aromatic rings. The van der Waals surface area contributed by atoms with E-state index in [9.17, 15) is 18.3 Å². The molecule has 2 aromatic carbocycles. The summed E-state index contributed by atoms with van der Waals surface area (Å²) < 4.78 is 26.6. The van der Waals surface area contributed by atoms with E-state index in [1.165, 1.54) is 15.9 Å². The first kappa shape index (κ1) is 21.0. The third-order valence-electron chi connectivity index (χ3n) is 5.23. The van der Waals surface area contributed by atoms with Gasteiger partial charge in [0.1, 0.15) is 0 Å². The van der Waals surface area contributed by atoms with E-state index < -0.39 is 21.2 Å². The number of allylic oxidation sites excluding steroid dienone is 1. The number of carbonyl (C=O) groups is 1. The summed E-state index contributed by atoms with van der Waals surface area (Å²) in [6.45, 7) is 5.99. The molecule has 1 atom stereocenters. The highest BCUT2D eigenvalue weighted by Crippen LogP contribution is 2.30. The summed E-state index contributed by atoms with van der Waals surface area (Å²) in [5.41, 5.74) is 5.63. The molecule has 0 saturated heterocycles. The fourth-order valence-corrected chi connectivity index (χ4v) is 5.25. The maximum atomic E-state index is 12.7. The molecule has 0 amide bonds. The van der Waals surface area contributed by atoms with E-state index in [-0.39, 0.29) is 19.5 Å². The molecule has 1 unspecified atom stereocenters. The van der Waals surface area contributed by atoms with Gasteiger partial charge in [-0.25, -0.2) is 8.42 Å². The summed E-state index contributed by atoms with van der Waals surface area (Å²) in [6, 6.07) is 16.4. The van der Waals surface area contributed by atoms with E-state index in [0.717, 1.165) is 22.3 Å². The first-order valence-corrected chi connectivity index (χ1v) is 11.0. The van der Waals surface area contributed by atoms with Crippen LogP contribution in [0.1, 0.15) is 24.0 Å². The van der Waals surface area contributed by atoms with Crippen LogP contribution in [0.15, 0.2) is 67.3 Å². The second-order valence-corrected chi connectivity index (χ2v) is 9.24. The number of rotatable bonds is 7. The van der Waals surface area contributed by atoms with Gasteiger partial charge in [-0.05, 0) is 47.6 Å². The topological polar surface area (TPSA) is 74.7 Å². The quantitative estimate of drug-likeness (QED) is 0.696. The Morgan fingerprint density at radius 1 is 1.21 bits per heavy atom. The van der Waals surface area contributed by atoms with E-state index in [4.69, 9.17) is 0 Å². The second kappa shape index (κ2) is 8.76. The molecule has 0 aromatic heterocycles. The summed E-state index contributed by atoms with van der Waals surface area (Å²) in [6.07, 6.45) is 3.65. The minimum absolute atomic E-state index is 0.106. The second-order valence-electron chi connectivity index (χ2n) is 7.13. The number of sulfonamides is 1. The van der Waals surface area contributed by atoms with Crippen molar-refractivity contribution in [1.29, 1.82) is 0 Å². The molecule has 0 radical (unpaired) electrons. The molecule has 152 valence electrons. The monoisotopic (exact) mass is 411 g/mol. The molecule has 1 aliphatic heterocycles. The van der Waals surface area contributed by atoms with Crippen molar-refractivity contribution in [3.8, 4) is 11.1 Å². The predicted molar refractivity (Wildman–Crippen MR) is 116 cm³/mol. The molecule has 1 aliphatic rings. The van der Waals surface area contributed by atoms with E-state index in [1.807, 2.05) is 24.3 Å². The Morgan fingerprint density at radius 2 is 1.93 bits per heavy atom. The number of aliphatic carboxylic acids is 1. The van der Waals surface area contributed by atoms with Crippen LogP contribution in [0.4, 0.5) is 0 Å². The molecule has 1 N–H and O–H groups in total. The molecular formula is C23H25NO4S. The van der Waals surface area contributed by atoms with Crippen molar-refractivity contribution in [3.05, 3.63) is 78.4 Å². The van der Waals surface area contributed by atoms with Crippen LogP contribution >= 0.6 is 0 Å². The molecule has 0 saturated carbocycles. The molecule has 0 aliphatic carbocycles. The van der Waals surface area contributed by atoms with Gasteiger partial charge in [0.15, 0.2) is 5.25 Å². The van der Waals surface area contributed by atoms with Crippen molar-refractivity contribution < 1.29 is 18.3 Å². The van der Waals surface area contributed by atoms with Crippen molar-refractivity contribution in [2.45, 2.75) is 25.0 Å². The van der Waals surface area contributed by atoms with E-state index in [2.05, 4.69) is 43.8 Å². The van der Waals surface area contributed by atoms with Gasteiger partial charge in [0.05, 0.1) is 0 Å². The van der Waals surface area contributed by atoms with Crippen LogP contribution in [0.3, 0.4) is 0 Å². The fourth-order valence-electron chi connectivity index (χ4n) is 3.63. The molecule has 29 heavy (non-hydrogen) atoms. The Labute approximate surface area is 172 Å². The van der Waals surface area contributed by atoms with E-state index in [0.29, 0.717) is 6.42 Å². The third-order valence-corrected chi connectivity index (χ3v) is 7.39. The van der Waals surface area contributed by atoms with Gasteiger partial charge >= 0.3 is 5.97 Å². The molecule has 0 fully saturated rings. The summed E-state index contributed by atoms with van der Waals surface area (Å²) in [7, 11) is -3.92. The van der Waals surface area contributed by atoms with Gasteiger partial charge in [0.25, 0.3) is 0 Å². The van der Waals surface area contributed by atoms with Crippen LogP contribution in [0.5, 0.6) is 0 Å². The lowest BCUT2D eigenvalue weighted by Gasteiger charge is -2.28. The van der Waals surface area contributed by atoms with Crippen molar-refractivity contribution in [3.63, 3.8) is 0 Å². The average Bonchev–Trinajstić information content (AvgIpc) is 2.72. The highest BCUT2D eigenvalue weighted by molar-refractivity contribution is 7.90. The summed E-state index contributed by atoms with van der Waals surface area (Å²) in [5.74, 6) is -1.34. The number of aryl methyl sites for hydroxylation is 1. The number of benzene rings is 2. The average molecular weight is 412 g/mol. The summed E-state index contributed by atoms with van der Waals surface area (Å²) >= 11 is 0. The predicted octanol–water partition coefficient (Wildman–Crippen LogP) is 4.11. The van der Waals surface area contributed by atoms with Crippen LogP contribution < -0.4 is 0 Å². The maximum Gasteiger partial charge on any atom is 0.323 e. The highest BCUT2D eigenvalue weighted by atomic mass is 32.2. The lowest BCUT2D eigenvalue weighted by Crippen LogP contribution is -2.44. The summed E-state index contributed by atoms with van der Waals surface area (Å²) in [4.78, 5) is 11.4. The Bertz CT molecular complexity index is 1040. The third kappa shape index (κ3) is 4.49. The van der Waals surface area contributed by atoms with Gasteiger partial charge in [-0.2, -0.15) is 4.31 Å². The molecular weight excluding hydrogens is 386 g/mol. The zero-order valence-electron chi connectivity index (χ0n) is 16.4. The zero-order valence-corrected chi connectivity index (χ0v) is 17.2. The Hall–Kier alpha value is -2.70. The number of hydrogen-bond acceptors (Lipinski definition) is 3. The van der Waals surface area contributed by atoms with E-state index >= 15 is 0 Å². The van der Waals surface area contributed by atoms with Gasteiger partial charge in [-0.1, -0.05) is 60.7 Å². The Kier molecular flexibility index (Phi) is 6.35. The van der Waals surface area contributed by atoms with Crippen LogP contribution in [-0.4, -0.2) is 42.1 Å².